The van der Waals surface area contributed by atoms with Crippen molar-refractivity contribution >= 4 is 5.91 Å². The molecule has 0 aliphatic carbocycles. The maximum Gasteiger partial charge on any atom is 0.241 e. The number of carbonyl (C=O) groups excluding carboxylic acids is 1. The van der Waals surface area contributed by atoms with Gasteiger partial charge in [-0.3, -0.25) is 4.79 Å². The van der Waals surface area contributed by atoms with Gasteiger partial charge in [0.25, 0.3) is 0 Å². The summed E-state index contributed by atoms with van der Waals surface area (Å²) in [7, 11) is 0. The lowest BCUT2D eigenvalue weighted by atomic mass is 10.00. The number of ether oxygens (including phenoxy) is 1. The van der Waals surface area contributed by atoms with Crippen LogP contribution in [0, 0.1) is 5.82 Å². The van der Waals surface area contributed by atoms with Gasteiger partial charge in [0.15, 0.2) is 0 Å². The summed E-state index contributed by atoms with van der Waals surface area (Å²) >= 11 is 0. The Kier molecular flexibility index (Phi) is 4.40. The number of nitrogens with one attached hydrogen (secondary N) is 2. The molecule has 3 atom stereocenters. The number of nitrogens with zero attached hydrogens (tertiary/aromatic N) is 1. The first kappa shape index (κ1) is 16.4. The van der Waals surface area contributed by atoms with Gasteiger partial charge in [-0.1, -0.05) is 12.1 Å². The Labute approximate surface area is 136 Å². The summed E-state index contributed by atoms with van der Waals surface area (Å²) in [5, 5.41) is 0. The van der Waals surface area contributed by atoms with Crippen LogP contribution in [-0.4, -0.2) is 41.6 Å². The van der Waals surface area contributed by atoms with Crippen molar-refractivity contribution in [2.45, 2.75) is 51.0 Å². The van der Waals surface area contributed by atoms with Gasteiger partial charge in [0, 0.05) is 19.1 Å². The summed E-state index contributed by atoms with van der Waals surface area (Å²) < 4.78 is 18.9. The fourth-order valence-electron chi connectivity index (χ4n) is 3.47. The lowest BCUT2D eigenvalue weighted by Gasteiger charge is -2.42. The van der Waals surface area contributed by atoms with Crippen LogP contribution in [0.3, 0.4) is 0 Å². The summed E-state index contributed by atoms with van der Waals surface area (Å²) in [5.41, 5.74) is 6.88. The molecule has 2 fully saturated rings. The van der Waals surface area contributed by atoms with Gasteiger partial charge < -0.3 is 9.64 Å². The Hall–Kier alpha value is -1.50. The van der Waals surface area contributed by atoms with E-state index in [4.69, 9.17) is 4.74 Å². The quantitative estimate of drug-likeness (QED) is 0.871. The van der Waals surface area contributed by atoms with E-state index in [9.17, 15) is 9.18 Å². The largest absolute Gasteiger partial charge is 0.369 e. The Balaban J connectivity index is 1.64. The molecule has 6 heteroatoms. The van der Waals surface area contributed by atoms with Crippen LogP contribution in [-0.2, 0) is 9.53 Å². The fraction of sp³-hybridized carbons (Fsp3) is 0.588. The minimum atomic E-state index is -0.324. The number of hydrogen-bond acceptors (Lipinski definition) is 4. The van der Waals surface area contributed by atoms with Gasteiger partial charge in [-0.2, -0.15) is 0 Å². The van der Waals surface area contributed by atoms with E-state index in [-0.39, 0.29) is 35.5 Å². The number of halogens is 1. The molecule has 2 saturated heterocycles. The van der Waals surface area contributed by atoms with Crippen molar-refractivity contribution in [1.29, 1.82) is 0 Å². The second kappa shape index (κ2) is 6.19. The predicted molar refractivity (Wildman–Crippen MR) is 85.0 cm³/mol. The van der Waals surface area contributed by atoms with Crippen molar-refractivity contribution < 1.29 is 13.9 Å². The van der Waals surface area contributed by atoms with E-state index >= 15 is 0 Å². The van der Waals surface area contributed by atoms with Gasteiger partial charge in [0.05, 0.1) is 11.7 Å². The molecule has 126 valence electrons. The number of carbonyl (C=O) groups is 1. The average Bonchev–Trinajstić information content (AvgIpc) is 2.95. The van der Waals surface area contributed by atoms with E-state index in [0.717, 1.165) is 5.56 Å². The maximum atomic E-state index is 13.0. The smallest absolute Gasteiger partial charge is 0.241 e. The highest BCUT2D eigenvalue weighted by atomic mass is 19.1. The molecule has 2 heterocycles. The van der Waals surface area contributed by atoms with E-state index in [0.29, 0.717) is 19.5 Å². The van der Waals surface area contributed by atoms with Gasteiger partial charge >= 0.3 is 0 Å². The summed E-state index contributed by atoms with van der Waals surface area (Å²) in [5.74, 6) is -0.165. The van der Waals surface area contributed by atoms with Crippen LogP contribution in [0.2, 0.25) is 0 Å². The Morgan fingerprint density at radius 3 is 2.65 bits per heavy atom. The number of benzene rings is 1. The monoisotopic (exact) mass is 321 g/mol. The first-order valence-electron chi connectivity index (χ1n) is 8.07. The molecule has 0 saturated carbocycles. The summed E-state index contributed by atoms with van der Waals surface area (Å²) in [4.78, 5) is 14.6. The van der Waals surface area contributed by atoms with Crippen molar-refractivity contribution in [1.82, 2.24) is 15.8 Å². The van der Waals surface area contributed by atoms with E-state index in [1.54, 1.807) is 12.1 Å². The van der Waals surface area contributed by atoms with E-state index in [2.05, 4.69) is 10.9 Å². The van der Waals surface area contributed by atoms with E-state index in [1.165, 1.54) is 12.1 Å². The first-order valence-corrected chi connectivity index (χ1v) is 8.07. The molecule has 0 radical (unpaired) electrons. The zero-order valence-corrected chi connectivity index (χ0v) is 13.8. The van der Waals surface area contributed by atoms with Gasteiger partial charge in [0.2, 0.25) is 5.91 Å². The van der Waals surface area contributed by atoms with Gasteiger partial charge in [-0.25, -0.2) is 15.2 Å². The highest BCUT2D eigenvalue weighted by molar-refractivity contribution is 5.82. The number of amides is 1. The molecule has 23 heavy (non-hydrogen) atoms. The standard InChI is InChI=1S/C17H24FN3O2/c1-11-9-21(10-17(2,3)23-11)16(22)15-8-14(19-20-15)12-4-6-13(18)7-5-12/h4-7,11,14-15,19-20H,8-10H2,1-3H3. The van der Waals surface area contributed by atoms with E-state index in [1.807, 2.05) is 25.7 Å². The molecule has 2 N–H and O–H groups in total. The molecule has 0 spiro atoms. The Morgan fingerprint density at radius 1 is 1.30 bits per heavy atom. The second-order valence-electron chi connectivity index (χ2n) is 7.09. The average molecular weight is 321 g/mol. The molecular weight excluding hydrogens is 297 g/mol. The Morgan fingerprint density at radius 2 is 2.00 bits per heavy atom. The third kappa shape index (κ3) is 3.71. The topological polar surface area (TPSA) is 53.6 Å². The van der Waals surface area contributed by atoms with Crippen LogP contribution in [0.1, 0.15) is 38.8 Å². The summed E-state index contributed by atoms with van der Waals surface area (Å²) in [6.45, 7) is 7.20. The lowest BCUT2D eigenvalue weighted by molar-refractivity contribution is -0.159. The summed E-state index contributed by atoms with van der Waals surface area (Å²) in [6, 6.07) is 6.13. The van der Waals surface area contributed by atoms with Gasteiger partial charge in [-0.15, -0.1) is 0 Å². The van der Waals surface area contributed by atoms with Crippen LogP contribution >= 0.6 is 0 Å². The third-order valence-corrected chi connectivity index (χ3v) is 4.35. The number of hydrogen-bond donors (Lipinski definition) is 2. The number of morpholine rings is 1. The minimum Gasteiger partial charge on any atom is -0.369 e. The van der Waals surface area contributed by atoms with Crippen molar-refractivity contribution in [2.24, 2.45) is 0 Å². The SMILES string of the molecule is CC1CN(C(=O)C2CC(c3ccc(F)cc3)NN2)CC(C)(C)O1. The van der Waals surface area contributed by atoms with Crippen molar-refractivity contribution in [3.05, 3.63) is 35.6 Å². The van der Waals surface area contributed by atoms with Crippen LogP contribution in [0.4, 0.5) is 4.39 Å². The van der Waals surface area contributed by atoms with Gasteiger partial charge in [0.1, 0.15) is 11.9 Å². The highest BCUT2D eigenvalue weighted by Gasteiger charge is 2.38. The molecule has 0 bridgehead atoms. The lowest BCUT2D eigenvalue weighted by Crippen LogP contribution is -2.57. The molecule has 0 aromatic heterocycles. The molecule has 3 unspecified atom stereocenters. The first-order chi connectivity index (χ1) is 10.8. The highest BCUT2D eigenvalue weighted by Crippen LogP contribution is 2.26. The fourth-order valence-corrected chi connectivity index (χ4v) is 3.47. The molecule has 1 aromatic rings. The van der Waals surface area contributed by atoms with Crippen LogP contribution < -0.4 is 10.9 Å². The number of hydrazine groups is 1. The molecule has 2 aliphatic rings. The molecular formula is C17H24FN3O2. The second-order valence-corrected chi connectivity index (χ2v) is 7.09. The van der Waals surface area contributed by atoms with E-state index < -0.39 is 0 Å². The predicted octanol–water partition coefficient (Wildman–Crippen LogP) is 1.76. The Bertz CT molecular complexity index is 576. The summed E-state index contributed by atoms with van der Waals surface area (Å²) in [6.07, 6.45) is 0.682. The zero-order valence-electron chi connectivity index (χ0n) is 13.8. The zero-order chi connectivity index (χ0) is 16.6. The van der Waals surface area contributed by atoms with Gasteiger partial charge in [-0.05, 0) is 44.9 Å². The van der Waals surface area contributed by atoms with Crippen LogP contribution in [0.15, 0.2) is 24.3 Å². The molecule has 5 nitrogen and oxygen atoms in total. The molecule has 1 amide bonds. The molecule has 3 rings (SSSR count). The minimum absolute atomic E-state index is 0.0102. The van der Waals surface area contributed by atoms with Crippen molar-refractivity contribution in [3.63, 3.8) is 0 Å². The van der Waals surface area contributed by atoms with Crippen LogP contribution in [0.5, 0.6) is 0 Å². The molecule has 1 aromatic carbocycles. The van der Waals surface area contributed by atoms with Crippen molar-refractivity contribution in [2.75, 3.05) is 13.1 Å². The normalized spacial score (nSPS) is 30.4. The van der Waals surface area contributed by atoms with Crippen LogP contribution in [0.25, 0.3) is 0 Å². The maximum absolute atomic E-state index is 13.0. The third-order valence-electron chi connectivity index (χ3n) is 4.35. The molecule has 2 aliphatic heterocycles. The number of rotatable bonds is 2. The van der Waals surface area contributed by atoms with Crippen molar-refractivity contribution in [3.8, 4) is 0 Å².